The van der Waals surface area contributed by atoms with Gasteiger partial charge in [0.2, 0.25) is 5.91 Å². The number of nitrogens with zero attached hydrogens (tertiary/aromatic N) is 1. The molecule has 0 aliphatic rings. The number of pyridine rings is 1. The Bertz CT molecular complexity index is 1280. The molecule has 31 heavy (non-hydrogen) atoms. The van der Waals surface area contributed by atoms with E-state index in [0.29, 0.717) is 17.0 Å². The Morgan fingerprint density at radius 3 is 2.74 bits per heavy atom. The van der Waals surface area contributed by atoms with Gasteiger partial charge in [-0.05, 0) is 41.3 Å². The van der Waals surface area contributed by atoms with Crippen molar-refractivity contribution in [3.05, 3.63) is 87.8 Å². The molecule has 0 saturated heterocycles. The van der Waals surface area contributed by atoms with Gasteiger partial charge in [-0.1, -0.05) is 29.8 Å². The molecule has 156 valence electrons. The smallest absolute Gasteiger partial charge is 0.253 e. The lowest BCUT2D eigenvalue weighted by atomic mass is 10.0. The second-order valence-electron chi connectivity index (χ2n) is 7.00. The van der Waals surface area contributed by atoms with Gasteiger partial charge in [0.15, 0.2) is 0 Å². The summed E-state index contributed by atoms with van der Waals surface area (Å²) >= 11 is 7.58. The van der Waals surface area contributed by atoms with Crippen molar-refractivity contribution in [2.24, 2.45) is 5.73 Å². The number of nitrogens with one attached hydrogen (secondary N) is 1. The van der Waals surface area contributed by atoms with Gasteiger partial charge in [-0.2, -0.15) is 0 Å². The Morgan fingerprint density at radius 1 is 1.13 bits per heavy atom. The van der Waals surface area contributed by atoms with Crippen LogP contribution in [0.1, 0.15) is 20.8 Å². The molecule has 0 saturated carbocycles. The van der Waals surface area contributed by atoms with Gasteiger partial charge in [-0.25, -0.2) is 4.39 Å². The van der Waals surface area contributed by atoms with E-state index in [-0.39, 0.29) is 12.4 Å². The van der Waals surface area contributed by atoms with Crippen molar-refractivity contribution in [2.45, 2.75) is 6.42 Å². The van der Waals surface area contributed by atoms with Gasteiger partial charge in [0.1, 0.15) is 5.82 Å². The lowest BCUT2D eigenvalue weighted by molar-refractivity contribution is -0.117. The third-order valence-corrected chi connectivity index (χ3v) is 6.03. The van der Waals surface area contributed by atoms with Crippen molar-refractivity contribution in [1.82, 2.24) is 10.3 Å². The molecule has 2 heterocycles. The van der Waals surface area contributed by atoms with Crippen LogP contribution in [0.5, 0.6) is 0 Å². The highest BCUT2D eigenvalue weighted by Crippen LogP contribution is 2.36. The third kappa shape index (κ3) is 4.90. The van der Waals surface area contributed by atoms with Crippen LogP contribution >= 0.6 is 22.9 Å². The molecule has 0 unspecified atom stereocenters. The monoisotopic (exact) mass is 453 g/mol. The number of aromatic nitrogens is 1. The number of thiophene rings is 1. The first kappa shape index (κ1) is 21.0. The number of primary amides is 1. The molecule has 4 aromatic rings. The maximum atomic E-state index is 13.7. The molecule has 2 aromatic carbocycles. The fraction of sp³-hybridized carbons (Fsp3) is 0.0870. The van der Waals surface area contributed by atoms with Crippen LogP contribution in [0.25, 0.3) is 21.2 Å². The van der Waals surface area contributed by atoms with E-state index in [4.69, 9.17) is 17.3 Å². The van der Waals surface area contributed by atoms with E-state index in [1.165, 1.54) is 18.3 Å². The quantitative estimate of drug-likeness (QED) is 0.448. The van der Waals surface area contributed by atoms with E-state index in [1.807, 2.05) is 18.2 Å². The lowest BCUT2D eigenvalue weighted by Gasteiger charge is -2.06. The summed E-state index contributed by atoms with van der Waals surface area (Å²) in [4.78, 5) is 28.4. The molecule has 0 fully saturated rings. The molecule has 0 aliphatic carbocycles. The van der Waals surface area contributed by atoms with Crippen molar-refractivity contribution in [1.29, 1.82) is 0 Å². The summed E-state index contributed by atoms with van der Waals surface area (Å²) < 4.78 is 14.7. The lowest BCUT2D eigenvalue weighted by Crippen LogP contribution is -2.33. The van der Waals surface area contributed by atoms with Gasteiger partial charge in [-0.3, -0.25) is 14.6 Å². The van der Waals surface area contributed by atoms with Crippen LogP contribution in [0.2, 0.25) is 5.02 Å². The molecule has 2 aromatic heterocycles. The fourth-order valence-electron chi connectivity index (χ4n) is 3.33. The number of fused-ring (bicyclic) bond motifs is 1. The molecular formula is C23H17ClFN3O2S. The van der Waals surface area contributed by atoms with Gasteiger partial charge in [0, 0.05) is 44.5 Å². The zero-order chi connectivity index (χ0) is 22.0. The van der Waals surface area contributed by atoms with Crippen molar-refractivity contribution in [2.75, 3.05) is 6.54 Å². The molecule has 0 aliphatic heterocycles. The summed E-state index contributed by atoms with van der Waals surface area (Å²) in [7, 11) is 0. The van der Waals surface area contributed by atoms with E-state index >= 15 is 0 Å². The molecule has 5 nitrogen and oxygen atoms in total. The fourth-order valence-corrected chi connectivity index (χ4v) is 4.80. The first-order valence-electron chi connectivity index (χ1n) is 9.37. The largest absolute Gasteiger partial charge is 0.368 e. The Morgan fingerprint density at radius 2 is 1.97 bits per heavy atom. The predicted molar refractivity (Wildman–Crippen MR) is 121 cm³/mol. The third-order valence-electron chi connectivity index (χ3n) is 4.63. The van der Waals surface area contributed by atoms with Gasteiger partial charge in [0.25, 0.3) is 5.91 Å². The Hall–Kier alpha value is -3.29. The summed E-state index contributed by atoms with van der Waals surface area (Å²) in [6, 6.07) is 14.2. The maximum absolute atomic E-state index is 13.7. The first-order chi connectivity index (χ1) is 14.9. The van der Waals surface area contributed by atoms with Gasteiger partial charge >= 0.3 is 0 Å². The van der Waals surface area contributed by atoms with Crippen LogP contribution in [0.15, 0.2) is 60.9 Å². The Balaban J connectivity index is 1.66. The minimum atomic E-state index is -0.618. The van der Waals surface area contributed by atoms with Crippen LogP contribution in [-0.4, -0.2) is 23.3 Å². The van der Waals surface area contributed by atoms with Crippen LogP contribution in [0, 0.1) is 5.82 Å². The molecule has 8 heteroatoms. The Labute approximate surface area is 186 Å². The molecule has 0 atom stereocenters. The minimum absolute atomic E-state index is 0.239. The van der Waals surface area contributed by atoms with Gasteiger partial charge < -0.3 is 11.1 Å². The average molecular weight is 454 g/mol. The van der Waals surface area contributed by atoms with Gasteiger partial charge in [-0.15, -0.1) is 11.3 Å². The summed E-state index contributed by atoms with van der Waals surface area (Å²) in [5, 5.41) is 3.88. The summed E-state index contributed by atoms with van der Waals surface area (Å²) in [5.74, 6) is -1.40. The summed E-state index contributed by atoms with van der Waals surface area (Å²) in [6.07, 6.45) is 3.68. The van der Waals surface area contributed by atoms with Crippen molar-refractivity contribution in [3.63, 3.8) is 0 Å². The number of benzene rings is 2. The van der Waals surface area contributed by atoms with Crippen LogP contribution in [0.3, 0.4) is 0 Å². The normalized spacial score (nSPS) is 10.9. The van der Waals surface area contributed by atoms with Crippen LogP contribution < -0.4 is 11.1 Å². The molecule has 0 bridgehead atoms. The Kier molecular flexibility index (Phi) is 5.97. The number of carbonyl (C=O) groups excluding carboxylic acids is 2. The zero-order valence-electron chi connectivity index (χ0n) is 16.2. The second kappa shape index (κ2) is 8.83. The van der Waals surface area contributed by atoms with E-state index in [9.17, 15) is 14.0 Å². The summed E-state index contributed by atoms with van der Waals surface area (Å²) in [5.41, 5.74) is 7.92. The maximum Gasteiger partial charge on any atom is 0.253 e. The van der Waals surface area contributed by atoms with Crippen molar-refractivity contribution >= 4 is 44.8 Å². The summed E-state index contributed by atoms with van der Waals surface area (Å²) in [6.45, 7) is -0.239. The number of hydrogen-bond acceptors (Lipinski definition) is 4. The van der Waals surface area contributed by atoms with E-state index in [1.54, 1.807) is 29.7 Å². The standard InChI is InChI=1S/C23H17ClFN3O2S/c24-17-4-13(5-18(25)9-17)6-19-8-14-2-1-3-20(22(14)31-19)15-7-16(11-27-10-15)23(30)28-12-21(26)29/h1-5,7-11H,6,12H2,(H2,26,29)(H,28,30). The molecule has 0 spiro atoms. The van der Waals surface area contributed by atoms with Gasteiger partial charge in [0.05, 0.1) is 12.1 Å². The zero-order valence-corrected chi connectivity index (χ0v) is 17.8. The first-order valence-corrected chi connectivity index (χ1v) is 10.6. The number of nitrogens with two attached hydrogens (primary N) is 1. The topological polar surface area (TPSA) is 85.1 Å². The van der Waals surface area contributed by atoms with Crippen molar-refractivity contribution in [3.8, 4) is 11.1 Å². The van der Waals surface area contributed by atoms with E-state index in [0.717, 1.165) is 31.7 Å². The average Bonchev–Trinajstić information content (AvgIpc) is 3.13. The molecular weight excluding hydrogens is 437 g/mol. The molecule has 2 amide bonds. The highest BCUT2D eigenvalue weighted by molar-refractivity contribution is 7.19. The van der Waals surface area contributed by atoms with Crippen LogP contribution in [0.4, 0.5) is 4.39 Å². The number of carbonyl (C=O) groups is 2. The number of amides is 2. The SMILES string of the molecule is NC(=O)CNC(=O)c1cncc(-c2cccc3cc(Cc4cc(F)cc(Cl)c4)sc23)c1. The van der Waals surface area contributed by atoms with Crippen molar-refractivity contribution < 1.29 is 14.0 Å². The number of rotatable bonds is 6. The highest BCUT2D eigenvalue weighted by atomic mass is 35.5. The molecule has 3 N–H and O–H groups in total. The second-order valence-corrected chi connectivity index (χ2v) is 8.58. The number of hydrogen-bond donors (Lipinski definition) is 2. The predicted octanol–water partition coefficient (Wildman–Crippen LogP) is 4.56. The van der Waals surface area contributed by atoms with E-state index in [2.05, 4.69) is 16.4 Å². The molecule has 0 radical (unpaired) electrons. The highest BCUT2D eigenvalue weighted by Gasteiger charge is 2.13. The minimum Gasteiger partial charge on any atom is -0.368 e. The van der Waals surface area contributed by atoms with Crippen LogP contribution in [-0.2, 0) is 11.2 Å². The number of halogens is 2. The molecule has 4 rings (SSSR count). The van der Waals surface area contributed by atoms with E-state index < -0.39 is 11.8 Å².